The first kappa shape index (κ1) is 21.2. The number of aryl methyl sites for hydroxylation is 2. The van der Waals surface area contributed by atoms with Crippen LogP contribution in [0.3, 0.4) is 0 Å². The fourth-order valence-electron chi connectivity index (χ4n) is 3.75. The maximum atomic E-state index is 9.85. The largest absolute Gasteiger partial charge is 0.308 e. The quantitative estimate of drug-likeness (QED) is 0.339. The maximum Gasteiger partial charge on any atom is 0.203 e. The molecule has 0 radical (unpaired) electrons. The van der Waals surface area contributed by atoms with Crippen LogP contribution < -0.4 is 0 Å². The smallest absolute Gasteiger partial charge is 0.203 e. The molecule has 0 bridgehead atoms. The average molecular weight is 574 g/mol. The lowest BCUT2D eigenvalue weighted by Crippen LogP contribution is -2.20. The molecule has 0 amide bonds. The number of unbranched alkanes of at least 4 members (excludes halogenated alkanes) is 1. The summed E-state index contributed by atoms with van der Waals surface area (Å²) in [4.78, 5) is 14.0. The second-order valence-corrected chi connectivity index (χ2v) is 9.46. The van der Waals surface area contributed by atoms with Crippen LogP contribution in [0.5, 0.6) is 0 Å². The number of aromatic nitrogens is 3. The number of aliphatic imine (C=N–C) groups is 1. The molecule has 1 aliphatic heterocycles. The summed E-state index contributed by atoms with van der Waals surface area (Å²) in [6.45, 7) is 4.95. The van der Waals surface area contributed by atoms with Crippen molar-refractivity contribution in [1.82, 2.24) is 14.5 Å². The van der Waals surface area contributed by atoms with Crippen LogP contribution in [0, 0.1) is 18.3 Å². The van der Waals surface area contributed by atoms with E-state index in [0.29, 0.717) is 6.54 Å². The fraction of sp³-hybridized carbons (Fsp3) is 0.304. The van der Waals surface area contributed by atoms with Gasteiger partial charge in [0, 0.05) is 32.4 Å². The molecular formula is C23H21BrIN5. The molecule has 7 heteroatoms. The lowest BCUT2D eigenvalue weighted by Gasteiger charge is -2.21. The average Bonchev–Trinajstić information content (AvgIpc) is 3.28. The van der Waals surface area contributed by atoms with Crippen molar-refractivity contribution in [1.29, 1.82) is 5.26 Å². The van der Waals surface area contributed by atoms with E-state index in [2.05, 4.69) is 85.1 Å². The Morgan fingerprint density at radius 1 is 1.30 bits per heavy atom. The molecule has 3 heterocycles. The van der Waals surface area contributed by atoms with Crippen LogP contribution in [0.25, 0.3) is 11.2 Å². The SMILES string of the molecule is CCCCc1nc2c(C)ccnc2n1Cc1ccc(C2(C#N)N=CC=C2I)c(Br)c1. The van der Waals surface area contributed by atoms with Gasteiger partial charge in [0.25, 0.3) is 0 Å². The summed E-state index contributed by atoms with van der Waals surface area (Å²) in [6.07, 6.45) is 8.59. The van der Waals surface area contributed by atoms with Gasteiger partial charge in [0.2, 0.25) is 5.54 Å². The molecule has 0 saturated carbocycles. The van der Waals surface area contributed by atoms with Crippen molar-refractivity contribution in [3.8, 4) is 6.07 Å². The number of hydrogen-bond donors (Lipinski definition) is 0. The Morgan fingerprint density at radius 2 is 2.13 bits per heavy atom. The summed E-state index contributed by atoms with van der Waals surface area (Å²) < 4.78 is 4.00. The Hall–Kier alpha value is -2.05. The number of fused-ring (bicyclic) bond motifs is 1. The molecule has 1 aromatic carbocycles. The molecule has 4 rings (SSSR count). The minimum Gasteiger partial charge on any atom is -0.308 e. The molecule has 0 N–H and O–H groups in total. The number of allylic oxidation sites excluding steroid dienone is 1. The van der Waals surface area contributed by atoms with E-state index in [1.807, 2.05) is 24.4 Å². The highest BCUT2D eigenvalue weighted by Crippen LogP contribution is 2.43. The minimum atomic E-state index is -0.954. The number of pyridine rings is 1. The molecular weight excluding hydrogens is 553 g/mol. The van der Waals surface area contributed by atoms with Crippen LogP contribution in [0.15, 0.2) is 49.6 Å². The van der Waals surface area contributed by atoms with Crippen LogP contribution in [-0.2, 0) is 18.5 Å². The van der Waals surface area contributed by atoms with Gasteiger partial charge in [0.1, 0.15) is 17.4 Å². The predicted molar refractivity (Wildman–Crippen MR) is 132 cm³/mol. The molecule has 0 saturated heterocycles. The molecule has 30 heavy (non-hydrogen) atoms. The summed E-state index contributed by atoms with van der Waals surface area (Å²) in [6, 6.07) is 10.5. The first-order chi connectivity index (χ1) is 14.5. The van der Waals surface area contributed by atoms with Gasteiger partial charge in [-0.05, 0) is 65.3 Å². The summed E-state index contributed by atoms with van der Waals surface area (Å²) in [5.41, 5.74) is 4.07. The predicted octanol–water partition coefficient (Wildman–Crippen LogP) is 6.02. The first-order valence-electron chi connectivity index (χ1n) is 9.92. The highest BCUT2D eigenvalue weighted by molar-refractivity contribution is 14.1. The van der Waals surface area contributed by atoms with Crippen molar-refractivity contribution in [2.45, 2.75) is 45.2 Å². The van der Waals surface area contributed by atoms with Crippen molar-refractivity contribution in [2.75, 3.05) is 0 Å². The topological polar surface area (TPSA) is 66.9 Å². The van der Waals surface area contributed by atoms with E-state index in [1.54, 1.807) is 6.21 Å². The van der Waals surface area contributed by atoms with Crippen LogP contribution in [0.2, 0.25) is 0 Å². The van der Waals surface area contributed by atoms with Gasteiger partial charge in [-0.3, -0.25) is 4.99 Å². The second kappa shape index (κ2) is 8.60. The standard InChI is InChI=1S/C23H21BrIN5/c1-3-4-5-20-29-21-15(2)8-10-27-22(21)30(20)13-16-6-7-17(18(24)12-16)23(14-26)19(25)9-11-28-23/h6-12H,3-5,13H2,1-2H3. The van der Waals surface area contributed by atoms with Gasteiger partial charge in [-0.1, -0.05) is 41.4 Å². The Bertz CT molecular complexity index is 1220. The molecule has 5 nitrogen and oxygen atoms in total. The molecule has 0 fully saturated rings. The zero-order valence-corrected chi connectivity index (χ0v) is 20.6. The van der Waals surface area contributed by atoms with E-state index in [9.17, 15) is 5.26 Å². The zero-order valence-electron chi connectivity index (χ0n) is 16.9. The van der Waals surface area contributed by atoms with Gasteiger partial charge in [-0.15, -0.1) is 0 Å². The first-order valence-corrected chi connectivity index (χ1v) is 11.8. The second-order valence-electron chi connectivity index (χ2n) is 7.45. The van der Waals surface area contributed by atoms with Gasteiger partial charge >= 0.3 is 0 Å². The molecule has 152 valence electrons. The van der Waals surface area contributed by atoms with Crippen molar-refractivity contribution < 1.29 is 0 Å². The molecule has 1 aliphatic rings. The van der Waals surface area contributed by atoms with Crippen molar-refractivity contribution >= 4 is 55.9 Å². The minimum absolute atomic E-state index is 0.681. The Morgan fingerprint density at radius 3 is 2.80 bits per heavy atom. The van der Waals surface area contributed by atoms with Crippen molar-refractivity contribution in [2.24, 2.45) is 4.99 Å². The molecule has 3 aromatic rings. The third-order valence-electron chi connectivity index (χ3n) is 5.43. The molecule has 1 unspecified atom stereocenters. The number of imidazole rings is 1. The number of hydrogen-bond acceptors (Lipinski definition) is 4. The third kappa shape index (κ3) is 3.60. The number of rotatable bonds is 6. The lowest BCUT2D eigenvalue weighted by atomic mass is 9.92. The Balaban J connectivity index is 1.74. The van der Waals surface area contributed by atoms with Gasteiger partial charge in [0.15, 0.2) is 5.65 Å². The van der Waals surface area contributed by atoms with E-state index < -0.39 is 5.54 Å². The third-order valence-corrected chi connectivity index (χ3v) is 7.23. The van der Waals surface area contributed by atoms with Gasteiger partial charge in [-0.25, -0.2) is 9.97 Å². The normalized spacial score (nSPS) is 18.0. The summed E-state index contributed by atoms with van der Waals surface area (Å²) in [7, 11) is 0. The van der Waals surface area contributed by atoms with Crippen LogP contribution >= 0.6 is 38.5 Å². The van der Waals surface area contributed by atoms with Crippen molar-refractivity contribution in [3.05, 3.63) is 67.1 Å². The monoisotopic (exact) mass is 573 g/mol. The lowest BCUT2D eigenvalue weighted by molar-refractivity contribution is 0.685. The molecule has 0 aliphatic carbocycles. The van der Waals surface area contributed by atoms with E-state index in [0.717, 1.165) is 61.0 Å². The number of benzene rings is 1. The Kier molecular flexibility index (Phi) is 6.07. The van der Waals surface area contributed by atoms with Crippen LogP contribution in [-0.4, -0.2) is 20.7 Å². The van der Waals surface area contributed by atoms with E-state index >= 15 is 0 Å². The molecule has 0 spiro atoms. The van der Waals surface area contributed by atoms with E-state index in [-0.39, 0.29) is 0 Å². The highest BCUT2D eigenvalue weighted by Gasteiger charge is 2.38. The van der Waals surface area contributed by atoms with Gasteiger partial charge in [-0.2, -0.15) is 5.26 Å². The fourth-order valence-corrected chi connectivity index (χ4v) is 5.17. The van der Waals surface area contributed by atoms with Crippen LogP contribution in [0.4, 0.5) is 0 Å². The highest BCUT2D eigenvalue weighted by atomic mass is 127. The maximum absolute atomic E-state index is 9.85. The van der Waals surface area contributed by atoms with Gasteiger partial charge < -0.3 is 4.57 Å². The number of halogens is 2. The van der Waals surface area contributed by atoms with E-state index in [4.69, 9.17) is 4.98 Å². The van der Waals surface area contributed by atoms with E-state index in [1.165, 1.54) is 0 Å². The summed E-state index contributed by atoms with van der Waals surface area (Å²) in [5, 5.41) is 9.85. The van der Waals surface area contributed by atoms with Crippen molar-refractivity contribution in [3.63, 3.8) is 0 Å². The summed E-state index contributed by atoms with van der Waals surface area (Å²) in [5.74, 6) is 1.07. The Labute approximate surface area is 198 Å². The molecule has 2 aromatic heterocycles. The van der Waals surface area contributed by atoms with Crippen LogP contribution in [0.1, 0.15) is 42.3 Å². The zero-order chi connectivity index (χ0) is 21.3. The van der Waals surface area contributed by atoms with Gasteiger partial charge in [0.05, 0.1) is 6.54 Å². The molecule has 1 atom stereocenters. The number of nitrogens with zero attached hydrogens (tertiary/aromatic N) is 5. The number of nitriles is 1. The summed E-state index contributed by atoms with van der Waals surface area (Å²) >= 11 is 5.89.